The number of rotatable bonds is 13. The second-order valence-corrected chi connectivity index (χ2v) is 6.78. The van der Waals surface area contributed by atoms with Crippen LogP contribution >= 0.6 is 0 Å². The molecule has 3 heteroatoms. The summed E-state index contributed by atoms with van der Waals surface area (Å²) in [5, 5.41) is 0. The first kappa shape index (κ1) is 22.1. The van der Waals surface area contributed by atoms with E-state index >= 15 is 0 Å². The first-order valence-electron chi connectivity index (χ1n) is 9.37. The molecular formula is C19H38BrNO. The first-order valence-corrected chi connectivity index (χ1v) is 9.37. The highest BCUT2D eigenvalue weighted by Gasteiger charge is 2.28. The summed E-state index contributed by atoms with van der Waals surface area (Å²) in [5.74, 6) is 0. The molecule has 0 aromatic heterocycles. The van der Waals surface area contributed by atoms with Crippen molar-refractivity contribution in [3.63, 3.8) is 0 Å². The Morgan fingerprint density at radius 1 is 0.864 bits per heavy atom. The molecule has 1 fully saturated rings. The Bertz CT molecular complexity index is 252. The highest BCUT2D eigenvalue weighted by Crippen LogP contribution is 2.16. The Morgan fingerprint density at radius 2 is 1.36 bits per heavy atom. The van der Waals surface area contributed by atoms with Crippen molar-refractivity contribution in [2.24, 2.45) is 0 Å². The predicted octanol–water partition coefficient (Wildman–Crippen LogP) is 1.94. The first-order chi connectivity index (χ1) is 10.3. The third-order valence-electron chi connectivity index (χ3n) is 4.92. The fraction of sp³-hybridized carbons (Fsp3) is 0.895. The lowest BCUT2D eigenvalue weighted by Crippen LogP contribution is -3.00. The summed E-state index contributed by atoms with van der Waals surface area (Å²) >= 11 is 0. The zero-order chi connectivity index (χ0) is 15.2. The predicted molar refractivity (Wildman–Crippen MR) is 92.6 cm³/mol. The van der Waals surface area contributed by atoms with E-state index in [9.17, 15) is 0 Å². The maximum atomic E-state index is 5.52. The van der Waals surface area contributed by atoms with Crippen LogP contribution in [0.3, 0.4) is 0 Å². The molecule has 0 aromatic carbocycles. The van der Waals surface area contributed by atoms with Crippen LogP contribution < -0.4 is 17.0 Å². The molecule has 0 bridgehead atoms. The molecule has 0 aliphatic carbocycles. The lowest BCUT2D eigenvalue weighted by Gasteiger charge is -2.40. The van der Waals surface area contributed by atoms with E-state index in [0.717, 1.165) is 19.8 Å². The van der Waals surface area contributed by atoms with Gasteiger partial charge in [-0.3, -0.25) is 0 Å². The fourth-order valence-electron chi connectivity index (χ4n) is 3.44. The SMILES string of the molecule is C=CC[N+]1(CCCCCCCCCCCC)CCOCC1.[Br-]. The van der Waals surface area contributed by atoms with Crippen LogP contribution in [0.4, 0.5) is 0 Å². The second-order valence-electron chi connectivity index (χ2n) is 6.78. The van der Waals surface area contributed by atoms with Gasteiger partial charge in [0.05, 0.1) is 26.3 Å². The van der Waals surface area contributed by atoms with Gasteiger partial charge in [-0.2, -0.15) is 0 Å². The third kappa shape index (κ3) is 10.0. The average Bonchev–Trinajstić information content (AvgIpc) is 2.50. The van der Waals surface area contributed by atoms with Crippen molar-refractivity contribution in [3.8, 4) is 0 Å². The van der Waals surface area contributed by atoms with E-state index in [2.05, 4.69) is 19.6 Å². The highest BCUT2D eigenvalue weighted by molar-refractivity contribution is 4.67. The van der Waals surface area contributed by atoms with Gasteiger partial charge in [0.1, 0.15) is 13.1 Å². The van der Waals surface area contributed by atoms with Gasteiger partial charge >= 0.3 is 0 Å². The molecule has 0 saturated carbocycles. The van der Waals surface area contributed by atoms with Crippen molar-refractivity contribution >= 4 is 0 Å². The summed E-state index contributed by atoms with van der Waals surface area (Å²) in [7, 11) is 0. The largest absolute Gasteiger partial charge is 1.00 e. The Morgan fingerprint density at radius 3 is 1.86 bits per heavy atom. The molecule has 1 aliphatic heterocycles. The van der Waals surface area contributed by atoms with E-state index in [-0.39, 0.29) is 17.0 Å². The van der Waals surface area contributed by atoms with Crippen molar-refractivity contribution in [1.29, 1.82) is 0 Å². The number of ether oxygens (including phenoxy) is 1. The lowest BCUT2D eigenvalue weighted by atomic mass is 10.1. The molecular weight excluding hydrogens is 338 g/mol. The zero-order valence-electron chi connectivity index (χ0n) is 14.8. The summed E-state index contributed by atoms with van der Waals surface area (Å²) < 4.78 is 6.74. The van der Waals surface area contributed by atoms with Gasteiger partial charge in [-0.1, -0.05) is 64.9 Å². The number of halogens is 1. The maximum absolute atomic E-state index is 5.52. The fourth-order valence-corrected chi connectivity index (χ4v) is 3.44. The number of morpholine rings is 1. The molecule has 0 spiro atoms. The summed E-state index contributed by atoms with van der Waals surface area (Å²) in [6.07, 6.45) is 16.3. The van der Waals surface area contributed by atoms with Gasteiger partial charge in [0.15, 0.2) is 0 Å². The number of nitrogens with zero attached hydrogens (tertiary/aromatic N) is 1. The van der Waals surface area contributed by atoms with E-state index in [1.807, 2.05) is 0 Å². The van der Waals surface area contributed by atoms with Crippen molar-refractivity contribution < 1.29 is 26.2 Å². The minimum atomic E-state index is 0. The maximum Gasteiger partial charge on any atom is 0.103 e. The Kier molecular flexibility index (Phi) is 14.8. The molecule has 0 radical (unpaired) electrons. The highest BCUT2D eigenvalue weighted by atomic mass is 79.9. The monoisotopic (exact) mass is 375 g/mol. The summed E-state index contributed by atoms with van der Waals surface area (Å²) in [6, 6.07) is 0. The van der Waals surface area contributed by atoms with Gasteiger partial charge in [0.2, 0.25) is 0 Å². The van der Waals surface area contributed by atoms with Gasteiger partial charge in [-0.15, -0.1) is 0 Å². The van der Waals surface area contributed by atoms with Gasteiger partial charge in [-0.05, 0) is 18.9 Å². The van der Waals surface area contributed by atoms with Gasteiger partial charge < -0.3 is 26.2 Å². The zero-order valence-corrected chi connectivity index (χ0v) is 16.4. The molecule has 1 aliphatic rings. The summed E-state index contributed by atoms with van der Waals surface area (Å²) in [4.78, 5) is 0. The average molecular weight is 376 g/mol. The smallest absolute Gasteiger partial charge is 0.103 e. The molecule has 0 aromatic rings. The third-order valence-corrected chi connectivity index (χ3v) is 4.92. The van der Waals surface area contributed by atoms with Crippen LogP contribution in [0.1, 0.15) is 71.1 Å². The molecule has 0 unspecified atom stereocenters. The van der Waals surface area contributed by atoms with Crippen molar-refractivity contribution in [3.05, 3.63) is 12.7 Å². The summed E-state index contributed by atoms with van der Waals surface area (Å²) in [6.45, 7) is 12.9. The van der Waals surface area contributed by atoms with Crippen molar-refractivity contribution in [2.45, 2.75) is 71.1 Å². The minimum Gasteiger partial charge on any atom is -1.00 e. The standard InChI is InChI=1S/C19H38NO.BrH/c1-3-5-6-7-8-9-10-11-12-13-15-20(14-4-2)16-18-21-19-17-20;/h4H,2-3,5-19H2,1H3;1H/q+1;/p-1. The molecule has 0 amide bonds. The second kappa shape index (κ2) is 14.7. The van der Waals surface area contributed by atoms with Crippen LogP contribution in [0.25, 0.3) is 0 Å². The van der Waals surface area contributed by atoms with Crippen LogP contribution in [0.5, 0.6) is 0 Å². The Hall–Kier alpha value is 0.140. The molecule has 22 heavy (non-hydrogen) atoms. The topological polar surface area (TPSA) is 9.23 Å². The lowest BCUT2D eigenvalue weighted by molar-refractivity contribution is -0.930. The van der Waals surface area contributed by atoms with Crippen LogP contribution in [0.2, 0.25) is 0 Å². The molecule has 132 valence electrons. The quantitative estimate of drug-likeness (QED) is 0.271. The Balaban J connectivity index is 0.00000441. The molecule has 1 saturated heterocycles. The van der Waals surface area contributed by atoms with E-state index in [1.165, 1.54) is 88.3 Å². The number of hydrogen-bond acceptors (Lipinski definition) is 1. The number of hydrogen-bond donors (Lipinski definition) is 0. The van der Waals surface area contributed by atoms with Crippen LogP contribution in [0.15, 0.2) is 12.7 Å². The Labute approximate surface area is 149 Å². The van der Waals surface area contributed by atoms with E-state index in [4.69, 9.17) is 4.74 Å². The van der Waals surface area contributed by atoms with Crippen LogP contribution in [-0.4, -0.2) is 43.9 Å². The van der Waals surface area contributed by atoms with Crippen molar-refractivity contribution in [1.82, 2.24) is 0 Å². The normalized spacial score (nSPS) is 17.0. The summed E-state index contributed by atoms with van der Waals surface area (Å²) in [5.41, 5.74) is 0. The number of unbranched alkanes of at least 4 members (excludes halogenated alkanes) is 9. The van der Waals surface area contributed by atoms with E-state index in [0.29, 0.717) is 0 Å². The molecule has 2 nitrogen and oxygen atoms in total. The molecule has 0 N–H and O–H groups in total. The van der Waals surface area contributed by atoms with E-state index < -0.39 is 0 Å². The number of quaternary nitrogens is 1. The molecule has 1 rings (SSSR count). The van der Waals surface area contributed by atoms with Crippen molar-refractivity contribution in [2.75, 3.05) is 39.4 Å². The molecule has 0 atom stereocenters. The van der Waals surface area contributed by atoms with E-state index in [1.54, 1.807) is 0 Å². The van der Waals surface area contributed by atoms with Gasteiger partial charge in [0, 0.05) is 0 Å². The minimum absolute atomic E-state index is 0. The van der Waals surface area contributed by atoms with Crippen LogP contribution in [0, 0.1) is 0 Å². The van der Waals surface area contributed by atoms with Gasteiger partial charge in [0.25, 0.3) is 0 Å². The van der Waals surface area contributed by atoms with Gasteiger partial charge in [-0.25, -0.2) is 0 Å². The van der Waals surface area contributed by atoms with Crippen LogP contribution in [-0.2, 0) is 4.74 Å². The molecule has 1 heterocycles.